The zero-order chi connectivity index (χ0) is 12.5. The minimum absolute atomic E-state index is 0.00121. The van der Waals surface area contributed by atoms with Crippen molar-refractivity contribution in [2.24, 2.45) is 0 Å². The van der Waals surface area contributed by atoms with E-state index >= 15 is 0 Å². The second kappa shape index (κ2) is 5.22. The summed E-state index contributed by atoms with van der Waals surface area (Å²) in [7, 11) is -3.57. The van der Waals surface area contributed by atoms with E-state index in [0.29, 0.717) is 4.47 Å². The van der Waals surface area contributed by atoms with Gasteiger partial charge < -0.3 is 0 Å². The number of nitrogens with one attached hydrogen (secondary N) is 1. The Balaban J connectivity index is 2.27. The van der Waals surface area contributed by atoms with Gasteiger partial charge in [-0.3, -0.25) is 0 Å². The zero-order valence-corrected chi connectivity index (χ0v) is 12.1. The predicted molar refractivity (Wildman–Crippen MR) is 69.5 cm³/mol. The first-order valence-electron chi connectivity index (χ1n) is 5.32. The number of hydrogen-bond acceptors (Lipinski definition) is 3. The first kappa shape index (κ1) is 13.3. The molecule has 1 saturated carbocycles. The Labute approximate surface area is 114 Å². The molecule has 0 bridgehead atoms. The van der Waals surface area contributed by atoms with Crippen LogP contribution in [0, 0.1) is 0 Å². The van der Waals surface area contributed by atoms with Crippen LogP contribution in [-0.2, 0) is 10.0 Å². The van der Waals surface area contributed by atoms with Crippen molar-refractivity contribution in [2.45, 2.75) is 36.6 Å². The lowest BCUT2D eigenvalue weighted by Crippen LogP contribution is -2.32. The van der Waals surface area contributed by atoms with Crippen LogP contribution in [0.2, 0.25) is 5.15 Å². The van der Waals surface area contributed by atoms with Crippen LogP contribution in [0.1, 0.15) is 25.7 Å². The molecule has 1 aromatic rings. The summed E-state index contributed by atoms with van der Waals surface area (Å²) in [6, 6.07) is 1.49. The molecule has 0 amide bonds. The Morgan fingerprint density at radius 1 is 1.41 bits per heavy atom. The van der Waals surface area contributed by atoms with Crippen LogP contribution in [0.3, 0.4) is 0 Å². The third-order valence-electron chi connectivity index (χ3n) is 2.74. The predicted octanol–water partition coefficient (Wildman–Crippen LogP) is 2.72. The highest BCUT2D eigenvalue weighted by Gasteiger charge is 2.25. The number of aromatic nitrogens is 1. The Kier molecular flexibility index (Phi) is 4.07. The summed E-state index contributed by atoms with van der Waals surface area (Å²) in [5.41, 5.74) is 0. The van der Waals surface area contributed by atoms with Gasteiger partial charge in [0.2, 0.25) is 10.0 Å². The van der Waals surface area contributed by atoms with Gasteiger partial charge in [-0.1, -0.05) is 24.4 Å². The third kappa shape index (κ3) is 3.19. The molecule has 2 rings (SSSR count). The number of pyridine rings is 1. The molecule has 1 fully saturated rings. The van der Waals surface area contributed by atoms with Crippen LogP contribution in [0.25, 0.3) is 0 Å². The van der Waals surface area contributed by atoms with Gasteiger partial charge in [0.1, 0.15) is 10.0 Å². The first-order valence-corrected chi connectivity index (χ1v) is 7.98. The number of nitrogens with zero attached hydrogens (tertiary/aromatic N) is 1. The minimum Gasteiger partial charge on any atom is -0.242 e. The second-order valence-electron chi connectivity index (χ2n) is 4.05. The van der Waals surface area contributed by atoms with Gasteiger partial charge in [0.15, 0.2) is 0 Å². The van der Waals surface area contributed by atoms with Crippen LogP contribution >= 0.6 is 27.5 Å². The van der Waals surface area contributed by atoms with E-state index in [9.17, 15) is 8.42 Å². The van der Waals surface area contributed by atoms with Gasteiger partial charge in [-0.05, 0) is 34.8 Å². The molecular formula is C10H12BrClN2O2S. The van der Waals surface area contributed by atoms with E-state index in [4.69, 9.17) is 11.6 Å². The molecule has 0 aliphatic heterocycles. The zero-order valence-electron chi connectivity index (χ0n) is 8.99. The Hall–Kier alpha value is -0.170. The number of sulfonamides is 1. The lowest BCUT2D eigenvalue weighted by atomic mass is 10.3. The minimum atomic E-state index is -3.57. The largest absolute Gasteiger partial charge is 0.243 e. The molecule has 0 saturated heterocycles. The van der Waals surface area contributed by atoms with E-state index in [1.54, 1.807) is 0 Å². The van der Waals surface area contributed by atoms with Gasteiger partial charge in [-0.15, -0.1) is 0 Å². The molecule has 0 atom stereocenters. The fourth-order valence-electron chi connectivity index (χ4n) is 1.92. The van der Waals surface area contributed by atoms with Crippen molar-refractivity contribution in [3.63, 3.8) is 0 Å². The molecular weight excluding hydrogens is 328 g/mol. The molecule has 17 heavy (non-hydrogen) atoms. The summed E-state index contributed by atoms with van der Waals surface area (Å²) >= 11 is 9.00. The first-order chi connectivity index (χ1) is 7.99. The highest BCUT2D eigenvalue weighted by Crippen LogP contribution is 2.25. The molecule has 1 aromatic heterocycles. The molecule has 94 valence electrons. The normalized spacial score (nSPS) is 17.5. The quantitative estimate of drug-likeness (QED) is 0.861. The second-order valence-corrected chi connectivity index (χ2v) is 7.00. The summed E-state index contributed by atoms with van der Waals surface area (Å²) in [5.74, 6) is 0. The van der Waals surface area contributed by atoms with Gasteiger partial charge in [-0.2, -0.15) is 0 Å². The van der Waals surface area contributed by atoms with Crippen molar-refractivity contribution in [2.75, 3.05) is 0 Å². The fourth-order valence-corrected chi connectivity index (χ4v) is 4.17. The molecule has 1 aliphatic rings. The highest BCUT2D eigenvalue weighted by molar-refractivity contribution is 9.10. The summed E-state index contributed by atoms with van der Waals surface area (Å²) in [6.07, 6.45) is 5.38. The SMILES string of the molecule is O=S(=O)(NC1CCCC1)c1cc(Br)cnc1Cl. The smallest absolute Gasteiger partial charge is 0.242 e. The van der Waals surface area contributed by atoms with Crippen molar-refractivity contribution in [1.82, 2.24) is 9.71 Å². The van der Waals surface area contributed by atoms with Crippen molar-refractivity contribution in [1.29, 1.82) is 0 Å². The van der Waals surface area contributed by atoms with Gasteiger partial charge in [0.25, 0.3) is 0 Å². The topological polar surface area (TPSA) is 59.1 Å². The van der Waals surface area contributed by atoms with Crippen molar-refractivity contribution >= 4 is 37.6 Å². The third-order valence-corrected chi connectivity index (χ3v) is 5.12. The monoisotopic (exact) mass is 338 g/mol. The Morgan fingerprint density at radius 3 is 2.71 bits per heavy atom. The Morgan fingerprint density at radius 2 is 2.06 bits per heavy atom. The van der Waals surface area contributed by atoms with E-state index in [-0.39, 0.29) is 16.1 Å². The van der Waals surface area contributed by atoms with E-state index in [0.717, 1.165) is 25.7 Å². The van der Waals surface area contributed by atoms with Crippen molar-refractivity contribution in [3.8, 4) is 0 Å². The number of hydrogen-bond donors (Lipinski definition) is 1. The van der Waals surface area contributed by atoms with Gasteiger partial charge >= 0.3 is 0 Å². The average molecular weight is 340 g/mol. The molecule has 1 heterocycles. The summed E-state index contributed by atoms with van der Waals surface area (Å²) in [5, 5.41) is -0.00121. The maximum atomic E-state index is 12.1. The Bertz CT molecular complexity index is 515. The van der Waals surface area contributed by atoms with Crippen LogP contribution in [0.4, 0.5) is 0 Å². The fraction of sp³-hybridized carbons (Fsp3) is 0.500. The van der Waals surface area contributed by atoms with Gasteiger partial charge in [-0.25, -0.2) is 18.1 Å². The maximum Gasteiger partial charge on any atom is 0.243 e. The van der Waals surface area contributed by atoms with Crippen LogP contribution in [0.15, 0.2) is 21.6 Å². The molecule has 1 N–H and O–H groups in total. The van der Waals surface area contributed by atoms with Gasteiger partial charge in [0, 0.05) is 16.7 Å². The van der Waals surface area contributed by atoms with E-state index in [1.807, 2.05) is 0 Å². The molecule has 0 spiro atoms. The molecule has 1 aliphatic carbocycles. The molecule has 4 nitrogen and oxygen atoms in total. The highest BCUT2D eigenvalue weighted by atomic mass is 79.9. The van der Waals surface area contributed by atoms with Crippen molar-refractivity contribution < 1.29 is 8.42 Å². The van der Waals surface area contributed by atoms with Crippen LogP contribution in [0.5, 0.6) is 0 Å². The lowest BCUT2D eigenvalue weighted by Gasteiger charge is -2.13. The summed E-state index contributed by atoms with van der Waals surface area (Å²) in [6.45, 7) is 0. The standard InChI is InChI=1S/C10H12BrClN2O2S/c11-7-5-9(10(12)13-6-7)17(15,16)14-8-3-1-2-4-8/h5-6,8,14H,1-4H2. The van der Waals surface area contributed by atoms with Gasteiger partial charge in [0.05, 0.1) is 0 Å². The lowest BCUT2D eigenvalue weighted by molar-refractivity contribution is 0.552. The molecule has 0 unspecified atom stereocenters. The number of halogens is 2. The van der Waals surface area contributed by atoms with Crippen molar-refractivity contribution in [3.05, 3.63) is 21.9 Å². The number of rotatable bonds is 3. The molecule has 7 heteroatoms. The molecule has 0 aromatic carbocycles. The molecule has 0 radical (unpaired) electrons. The maximum absolute atomic E-state index is 12.1. The van der Waals surface area contributed by atoms with E-state index in [2.05, 4.69) is 25.6 Å². The van der Waals surface area contributed by atoms with Crippen LogP contribution < -0.4 is 4.72 Å². The average Bonchev–Trinajstić information content (AvgIpc) is 2.73. The summed E-state index contributed by atoms with van der Waals surface area (Å²) < 4.78 is 27.5. The van der Waals surface area contributed by atoms with E-state index < -0.39 is 10.0 Å². The van der Waals surface area contributed by atoms with Crippen LogP contribution in [-0.4, -0.2) is 19.4 Å². The summed E-state index contributed by atoms with van der Waals surface area (Å²) in [4.78, 5) is 3.85. The van der Waals surface area contributed by atoms with E-state index in [1.165, 1.54) is 12.3 Å².